The van der Waals surface area contributed by atoms with Gasteiger partial charge in [-0.05, 0) is 37.1 Å². The average molecular weight is 424 g/mol. The molecule has 3 aromatic heterocycles. The molecule has 1 fully saturated rings. The van der Waals surface area contributed by atoms with E-state index in [9.17, 15) is 4.79 Å². The van der Waals surface area contributed by atoms with E-state index in [1.165, 1.54) is 6.33 Å². The predicted molar refractivity (Wildman–Crippen MR) is 121 cm³/mol. The van der Waals surface area contributed by atoms with Crippen LogP contribution < -0.4 is 10.6 Å². The van der Waals surface area contributed by atoms with Crippen molar-refractivity contribution in [1.82, 2.24) is 35.2 Å². The summed E-state index contributed by atoms with van der Waals surface area (Å²) >= 11 is 0. The van der Waals surface area contributed by atoms with Gasteiger partial charge in [0, 0.05) is 17.2 Å². The highest BCUT2D eigenvalue weighted by Crippen LogP contribution is 2.24. The van der Waals surface area contributed by atoms with Gasteiger partial charge in [-0.3, -0.25) is 4.79 Å². The summed E-state index contributed by atoms with van der Waals surface area (Å²) in [4.78, 5) is 36.6. The number of hydrogen-bond donors (Lipinski definition) is 4. The number of aromatic nitrogens is 6. The Balaban J connectivity index is 1.23. The number of carbonyl (C=O) groups excluding carboxylic acids is 1. The van der Waals surface area contributed by atoms with E-state index in [0.29, 0.717) is 41.0 Å². The number of para-hydroxylation sites is 2. The summed E-state index contributed by atoms with van der Waals surface area (Å²) in [7, 11) is 0. The Hall–Kier alpha value is -4.27. The van der Waals surface area contributed by atoms with Crippen LogP contribution in [0.4, 0.5) is 5.82 Å². The molecule has 32 heavy (non-hydrogen) atoms. The largest absolute Gasteiger partial charge is 0.361 e. The molecular formula is C23H20N8O. The fourth-order valence-corrected chi connectivity index (χ4v) is 3.63. The maximum absolute atomic E-state index is 12.2. The van der Waals surface area contributed by atoms with Crippen LogP contribution in [0.2, 0.25) is 0 Å². The lowest BCUT2D eigenvalue weighted by atomic mass is 10.1. The van der Waals surface area contributed by atoms with E-state index in [1.807, 2.05) is 48.5 Å². The Labute approximate surface area is 182 Å². The van der Waals surface area contributed by atoms with E-state index in [4.69, 9.17) is 0 Å². The monoisotopic (exact) mass is 424 g/mol. The molecule has 2 aromatic carbocycles. The summed E-state index contributed by atoms with van der Waals surface area (Å²) in [5.74, 6) is 2.10. The highest BCUT2D eigenvalue weighted by Gasteiger charge is 2.23. The molecule has 158 valence electrons. The molecule has 9 nitrogen and oxygen atoms in total. The quantitative estimate of drug-likeness (QED) is 0.331. The Morgan fingerprint density at radius 3 is 2.66 bits per heavy atom. The Morgan fingerprint density at radius 1 is 1.00 bits per heavy atom. The van der Waals surface area contributed by atoms with Gasteiger partial charge in [-0.25, -0.2) is 19.9 Å². The van der Waals surface area contributed by atoms with Gasteiger partial charge in [0.15, 0.2) is 11.5 Å². The van der Waals surface area contributed by atoms with Gasteiger partial charge in [-0.2, -0.15) is 0 Å². The van der Waals surface area contributed by atoms with Crippen molar-refractivity contribution in [2.75, 3.05) is 5.32 Å². The highest BCUT2D eigenvalue weighted by atomic mass is 16.1. The van der Waals surface area contributed by atoms with Gasteiger partial charge in [0.2, 0.25) is 0 Å². The molecule has 5 aromatic rings. The Morgan fingerprint density at radius 2 is 1.84 bits per heavy atom. The second-order valence-electron chi connectivity index (χ2n) is 7.89. The predicted octanol–water partition coefficient (Wildman–Crippen LogP) is 3.40. The second kappa shape index (κ2) is 7.45. The van der Waals surface area contributed by atoms with Gasteiger partial charge in [0.05, 0.1) is 17.6 Å². The summed E-state index contributed by atoms with van der Waals surface area (Å²) in [5.41, 5.74) is 4.72. The zero-order chi connectivity index (χ0) is 21.5. The first-order chi connectivity index (χ1) is 15.7. The Bertz CT molecular complexity index is 1400. The van der Waals surface area contributed by atoms with E-state index in [2.05, 4.69) is 40.5 Å². The molecule has 1 aliphatic carbocycles. The number of hydrogen-bond acceptors (Lipinski definition) is 6. The molecule has 1 aliphatic rings. The number of amides is 1. The lowest BCUT2D eigenvalue weighted by Crippen LogP contribution is -2.25. The lowest BCUT2D eigenvalue weighted by Gasteiger charge is -2.04. The van der Waals surface area contributed by atoms with Crippen molar-refractivity contribution in [3.05, 3.63) is 66.2 Å². The number of carbonyl (C=O) groups is 1. The summed E-state index contributed by atoms with van der Waals surface area (Å²) in [6.07, 6.45) is 3.62. The zero-order valence-corrected chi connectivity index (χ0v) is 17.1. The molecule has 1 amide bonds. The van der Waals surface area contributed by atoms with Crippen molar-refractivity contribution in [1.29, 1.82) is 0 Å². The van der Waals surface area contributed by atoms with Gasteiger partial charge >= 0.3 is 0 Å². The summed E-state index contributed by atoms with van der Waals surface area (Å²) in [6.45, 7) is 0.486. The van der Waals surface area contributed by atoms with Crippen molar-refractivity contribution < 1.29 is 4.79 Å². The topological polar surface area (TPSA) is 124 Å². The number of benzene rings is 2. The van der Waals surface area contributed by atoms with Gasteiger partial charge in [-0.1, -0.05) is 24.3 Å². The van der Waals surface area contributed by atoms with Crippen molar-refractivity contribution >= 4 is 33.9 Å². The van der Waals surface area contributed by atoms with Gasteiger partial charge in [-0.15, -0.1) is 0 Å². The molecule has 4 N–H and O–H groups in total. The molecule has 0 spiro atoms. The number of H-pyrrole nitrogens is 2. The van der Waals surface area contributed by atoms with Crippen molar-refractivity contribution in [3.63, 3.8) is 0 Å². The number of fused-ring (bicyclic) bond motifs is 2. The maximum atomic E-state index is 12.2. The van der Waals surface area contributed by atoms with Crippen LogP contribution in [0.3, 0.4) is 0 Å². The van der Waals surface area contributed by atoms with E-state index in [0.717, 1.165) is 35.3 Å². The fourth-order valence-electron chi connectivity index (χ4n) is 3.63. The number of nitrogens with zero attached hydrogens (tertiary/aromatic N) is 4. The minimum Gasteiger partial charge on any atom is -0.361 e. The first kappa shape index (κ1) is 18.5. The van der Waals surface area contributed by atoms with Crippen LogP contribution in [0.1, 0.15) is 29.0 Å². The second-order valence-corrected chi connectivity index (χ2v) is 7.89. The third-order valence-electron chi connectivity index (χ3n) is 5.48. The van der Waals surface area contributed by atoms with Gasteiger partial charge in [0.1, 0.15) is 23.5 Å². The minimum absolute atomic E-state index is 0.0356. The van der Waals surface area contributed by atoms with E-state index < -0.39 is 0 Å². The zero-order valence-electron chi connectivity index (χ0n) is 17.1. The minimum atomic E-state index is -0.0356. The van der Waals surface area contributed by atoms with E-state index in [1.54, 1.807) is 0 Å². The SMILES string of the molecule is O=C(NC1CC1)c1ccc(-c2nc3ncnc(NCc4nc5ccccc5[nH]4)c3[nH]2)cc1. The van der Waals surface area contributed by atoms with Crippen molar-refractivity contribution in [2.24, 2.45) is 0 Å². The molecule has 0 saturated heterocycles. The molecule has 0 bridgehead atoms. The normalized spacial score (nSPS) is 13.5. The number of aromatic amines is 2. The maximum Gasteiger partial charge on any atom is 0.251 e. The smallest absolute Gasteiger partial charge is 0.251 e. The molecule has 0 radical (unpaired) electrons. The molecule has 0 unspecified atom stereocenters. The van der Waals surface area contributed by atoms with Crippen LogP contribution in [0, 0.1) is 0 Å². The van der Waals surface area contributed by atoms with Gasteiger partial charge < -0.3 is 20.6 Å². The number of anilines is 1. The van der Waals surface area contributed by atoms with Crippen molar-refractivity contribution in [3.8, 4) is 11.4 Å². The number of imidazole rings is 2. The molecule has 9 heteroatoms. The highest BCUT2D eigenvalue weighted by molar-refractivity contribution is 5.95. The van der Waals surface area contributed by atoms with Gasteiger partial charge in [0.25, 0.3) is 5.91 Å². The number of nitrogens with one attached hydrogen (secondary N) is 4. The van der Waals surface area contributed by atoms with Crippen LogP contribution in [-0.4, -0.2) is 41.9 Å². The van der Waals surface area contributed by atoms with Crippen LogP contribution in [0.15, 0.2) is 54.9 Å². The third kappa shape index (κ3) is 3.53. The molecule has 0 atom stereocenters. The van der Waals surface area contributed by atoms with Crippen LogP contribution >= 0.6 is 0 Å². The van der Waals surface area contributed by atoms with E-state index in [-0.39, 0.29) is 5.91 Å². The molecule has 0 aliphatic heterocycles. The first-order valence-electron chi connectivity index (χ1n) is 10.5. The van der Waals surface area contributed by atoms with Crippen molar-refractivity contribution in [2.45, 2.75) is 25.4 Å². The lowest BCUT2D eigenvalue weighted by molar-refractivity contribution is 0.0951. The number of rotatable bonds is 6. The van der Waals surface area contributed by atoms with Crippen LogP contribution in [0.5, 0.6) is 0 Å². The summed E-state index contributed by atoms with van der Waals surface area (Å²) in [6, 6.07) is 15.6. The summed E-state index contributed by atoms with van der Waals surface area (Å²) < 4.78 is 0. The third-order valence-corrected chi connectivity index (χ3v) is 5.48. The summed E-state index contributed by atoms with van der Waals surface area (Å²) in [5, 5.41) is 6.31. The Kier molecular flexibility index (Phi) is 4.31. The average Bonchev–Trinajstić information content (AvgIpc) is 3.36. The van der Waals surface area contributed by atoms with E-state index >= 15 is 0 Å². The van der Waals surface area contributed by atoms with Crippen LogP contribution in [0.25, 0.3) is 33.6 Å². The molecule has 1 saturated carbocycles. The standard InChI is InChI=1S/C23H20N8O/c32-23(27-15-9-10-15)14-7-5-13(6-8-14)20-30-19-21(25-12-26-22(19)31-20)24-11-18-28-16-3-1-2-4-17(16)29-18/h1-8,12,15H,9-11H2,(H,27,32)(H,28,29)(H2,24,25,26,30,31). The molecule has 3 heterocycles. The fraction of sp³-hybridized carbons (Fsp3) is 0.174. The first-order valence-corrected chi connectivity index (χ1v) is 10.5. The molecular weight excluding hydrogens is 404 g/mol. The molecule has 6 rings (SSSR count). The van der Waals surface area contributed by atoms with Crippen LogP contribution in [-0.2, 0) is 6.54 Å².